The SMILES string of the molecule is O=C(C1CCN(S(=O)(=O)Cc2ccccc2)CC1)N(Cc1cccs1)c1ccc(F)cc1. The first-order valence-corrected chi connectivity index (χ1v) is 13.0. The molecule has 1 saturated heterocycles. The number of anilines is 1. The minimum Gasteiger partial charge on any atom is -0.307 e. The van der Waals surface area contributed by atoms with Crippen LogP contribution in [0.15, 0.2) is 72.1 Å². The second-order valence-electron chi connectivity index (χ2n) is 7.90. The fraction of sp³-hybridized carbons (Fsp3) is 0.292. The normalized spacial score (nSPS) is 15.5. The molecule has 5 nitrogen and oxygen atoms in total. The Hall–Kier alpha value is -2.55. The lowest BCUT2D eigenvalue weighted by Crippen LogP contribution is -2.44. The molecule has 32 heavy (non-hydrogen) atoms. The number of hydrogen-bond acceptors (Lipinski definition) is 4. The number of halogens is 1. The summed E-state index contributed by atoms with van der Waals surface area (Å²) in [6.07, 6.45) is 0.935. The van der Waals surface area contributed by atoms with Crippen LogP contribution in [0.4, 0.5) is 10.1 Å². The second-order valence-corrected chi connectivity index (χ2v) is 10.9. The fourth-order valence-electron chi connectivity index (χ4n) is 3.95. The Morgan fingerprint density at radius 3 is 2.31 bits per heavy atom. The number of sulfonamides is 1. The van der Waals surface area contributed by atoms with Crippen LogP contribution in [0.5, 0.6) is 0 Å². The van der Waals surface area contributed by atoms with E-state index in [-0.39, 0.29) is 23.4 Å². The van der Waals surface area contributed by atoms with E-state index in [1.165, 1.54) is 16.4 Å². The second kappa shape index (κ2) is 9.94. The third kappa shape index (κ3) is 5.43. The van der Waals surface area contributed by atoms with Gasteiger partial charge in [0.05, 0.1) is 12.3 Å². The summed E-state index contributed by atoms with van der Waals surface area (Å²) in [5.74, 6) is -0.713. The summed E-state index contributed by atoms with van der Waals surface area (Å²) in [6, 6.07) is 18.9. The fourth-order valence-corrected chi connectivity index (χ4v) is 6.21. The van der Waals surface area contributed by atoms with E-state index in [4.69, 9.17) is 0 Å². The van der Waals surface area contributed by atoms with E-state index in [1.54, 1.807) is 40.5 Å². The minimum absolute atomic E-state index is 0.0352. The summed E-state index contributed by atoms with van der Waals surface area (Å²) >= 11 is 1.56. The maximum Gasteiger partial charge on any atom is 0.230 e. The zero-order valence-corrected chi connectivity index (χ0v) is 19.2. The molecule has 0 bridgehead atoms. The van der Waals surface area contributed by atoms with Crippen LogP contribution in [0.25, 0.3) is 0 Å². The van der Waals surface area contributed by atoms with E-state index >= 15 is 0 Å². The molecule has 8 heteroatoms. The lowest BCUT2D eigenvalue weighted by molar-refractivity contribution is -0.123. The third-order valence-corrected chi connectivity index (χ3v) is 8.40. The topological polar surface area (TPSA) is 57.7 Å². The molecule has 0 spiro atoms. The van der Waals surface area contributed by atoms with Crippen molar-refractivity contribution in [2.45, 2.75) is 25.1 Å². The molecule has 1 fully saturated rings. The Kier molecular flexibility index (Phi) is 7.03. The van der Waals surface area contributed by atoms with Crippen LogP contribution >= 0.6 is 11.3 Å². The number of carbonyl (C=O) groups excluding carboxylic acids is 1. The molecule has 0 saturated carbocycles. The summed E-state index contributed by atoms with van der Waals surface area (Å²) in [4.78, 5) is 16.1. The van der Waals surface area contributed by atoms with Crippen LogP contribution in [-0.2, 0) is 27.1 Å². The molecule has 2 aromatic carbocycles. The molecule has 0 radical (unpaired) electrons. The highest BCUT2D eigenvalue weighted by Crippen LogP contribution is 2.28. The first kappa shape index (κ1) is 22.6. The molecule has 0 unspecified atom stereocenters. The number of piperidine rings is 1. The van der Waals surface area contributed by atoms with Crippen LogP contribution in [0.2, 0.25) is 0 Å². The van der Waals surface area contributed by atoms with Crippen molar-refractivity contribution in [1.82, 2.24) is 4.31 Å². The molecule has 0 N–H and O–H groups in total. The summed E-state index contributed by atoms with van der Waals surface area (Å²) in [6.45, 7) is 1.05. The molecular weight excluding hydrogens is 447 g/mol. The minimum atomic E-state index is -3.44. The zero-order valence-electron chi connectivity index (χ0n) is 17.6. The monoisotopic (exact) mass is 472 g/mol. The highest BCUT2D eigenvalue weighted by atomic mass is 32.2. The smallest absolute Gasteiger partial charge is 0.230 e. The molecule has 0 atom stereocenters. The Balaban J connectivity index is 1.44. The van der Waals surface area contributed by atoms with Crippen LogP contribution in [-0.4, -0.2) is 31.7 Å². The maximum absolute atomic E-state index is 13.4. The first-order valence-electron chi connectivity index (χ1n) is 10.5. The number of nitrogens with zero attached hydrogens (tertiary/aromatic N) is 2. The van der Waals surface area contributed by atoms with Gasteiger partial charge in [-0.15, -0.1) is 11.3 Å². The molecule has 168 valence electrons. The standard InChI is InChI=1S/C24H25FN2O3S2/c25-21-8-10-22(11-9-21)27(17-23-7-4-16-31-23)24(28)20-12-14-26(15-13-20)32(29,30)18-19-5-2-1-3-6-19/h1-11,16,20H,12-15,17-18H2. The van der Waals surface area contributed by atoms with Gasteiger partial charge in [-0.3, -0.25) is 4.79 Å². The van der Waals surface area contributed by atoms with Gasteiger partial charge in [0.25, 0.3) is 0 Å². The summed E-state index contributed by atoms with van der Waals surface area (Å²) < 4.78 is 40.6. The average Bonchev–Trinajstić information content (AvgIpc) is 3.32. The number of amides is 1. The number of rotatable bonds is 7. The van der Waals surface area contributed by atoms with Crippen molar-refractivity contribution >= 4 is 33.0 Å². The molecule has 2 heterocycles. The summed E-state index contributed by atoms with van der Waals surface area (Å²) in [7, 11) is -3.44. The van der Waals surface area contributed by atoms with E-state index in [1.807, 2.05) is 35.7 Å². The quantitative estimate of drug-likeness (QED) is 0.502. The van der Waals surface area contributed by atoms with Crippen molar-refractivity contribution in [2.75, 3.05) is 18.0 Å². The van der Waals surface area contributed by atoms with Crippen LogP contribution in [0.1, 0.15) is 23.3 Å². The van der Waals surface area contributed by atoms with E-state index < -0.39 is 10.0 Å². The Bertz CT molecular complexity index is 1130. The number of thiophene rings is 1. The molecule has 1 aromatic heterocycles. The van der Waals surface area contributed by atoms with Crippen LogP contribution in [0, 0.1) is 11.7 Å². The average molecular weight is 473 g/mol. The van der Waals surface area contributed by atoms with Gasteiger partial charge in [-0.05, 0) is 54.1 Å². The molecule has 1 aliphatic heterocycles. The van der Waals surface area contributed by atoms with Gasteiger partial charge in [0, 0.05) is 29.6 Å². The van der Waals surface area contributed by atoms with E-state index in [9.17, 15) is 17.6 Å². The largest absolute Gasteiger partial charge is 0.307 e. The molecule has 1 aliphatic rings. The van der Waals surface area contributed by atoms with Gasteiger partial charge in [0.2, 0.25) is 15.9 Å². The van der Waals surface area contributed by atoms with Gasteiger partial charge in [-0.25, -0.2) is 17.1 Å². The Morgan fingerprint density at radius 1 is 1.00 bits per heavy atom. The van der Waals surface area contributed by atoms with Gasteiger partial charge in [-0.2, -0.15) is 0 Å². The summed E-state index contributed by atoms with van der Waals surface area (Å²) in [5, 5.41) is 1.96. The van der Waals surface area contributed by atoms with E-state index in [2.05, 4.69) is 0 Å². The lowest BCUT2D eigenvalue weighted by Gasteiger charge is -2.33. The van der Waals surface area contributed by atoms with Crippen molar-refractivity contribution in [2.24, 2.45) is 5.92 Å². The van der Waals surface area contributed by atoms with Crippen molar-refractivity contribution in [1.29, 1.82) is 0 Å². The predicted molar refractivity (Wildman–Crippen MR) is 125 cm³/mol. The number of carbonyl (C=O) groups is 1. The van der Waals surface area contributed by atoms with E-state index in [0.29, 0.717) is 38.2 Å². The third-order valence-electron chi connectivity index (χ3n) is 5.69. The molecule has 3 aromatic rings. The molecular formula is C24H25FN2O3S2. The Labute approximate surface area is 192 Å². The van der Waals surface area contributed by atoms with Crippen molar-refractivity contribution in [3.8, 4) is 0 Å². The first-order chi connectivity index (χ1) is 15.4. The van der Waals surface area contributed by atoms with Crippen molar-refractivity contribution in [3.05, 3.63) is 88.4 Å². The van der Waals surface area contributed by atoms with Gasteiger partial charge >= 0.3 is 0 Å². The lowest BCUT2D eigenvalue weighted by atomic mass is 9.96. The predicted octanol–water partition coefficient (Wildman–Crippen LogP) is 4.66. The van der Waals surface area contributed by atoms with Gasteiger partial charge in [0.1, 0.15) is 5.82 Å². The van der Waals surface area contributed by atoms with Gasteiger partial charge in [-0.1, -0.05) is 36.4 Å². The van der Waals surface area contributed by atoms with Crippen molar-refractivity contribution < 1.29 is 17.6 Å². The molecule has 1 amide bonds. The Morgan fingerprint density at radius 2 is 1.69 bits per heavy atom. The molecule has 0 aliphatic carbocycles. The number of benzene rings is 2. The highest BCUT2D eigenvalue weighted by Gasteiger charge is 2.33. The van der Waals surface area contributed by atoms with Gasteiger partial charge < -0.3 is 4.90 Å². The van der Waals surface area contributed by atoms with Crippen LogP contribution < -0.4 is 4.90 Å². The zero-order chi connectivity index (χ0) is 22.6. The summed E-state index contributed by atoms with van der Waals surface area (Å²) in [5.41, 5.74) is 1.40. The molecule has 4 rings (SSSR count). The number of hydrogen-bond donors (Lipinski definition) is 0. The highest BCUT2D eigenvalue weighted by molar-refractivity contribution is 7.88. The van der Waals surface area contributed by atoms with E-state index in [0.717, 1.165) is 10.4 Å². The van der Waals surface area contributed by atoms with Gasteiger partial charge in [0.15, 0.2) is 0 Å². The van der Waals surface area contributed by atoms with Crippen LogP contribution in [0.3, 0.4) is 0 Å². The van der Waals surface area contributed by atoms with Crippen molar-refractivity contribution in [3.63, 3.8) is 0 Å². The maximum atomic E-state index is 13.4.